The molecule has 0 bridgehead atoms. The first-order valence-corrected chi connectivity index (χ1v) is 8.58. The maximum atomic E-state index is 12.2. The molecule has 6 nitrogen and oxygen atoms in total. The fourth-order valence-electron chi connectivity index (χ4n) is 2.63. The Morgan fingerprint density at radius 2 is 2.22 bits per heavy atom. The van der Waals surface area contributed by atoms with Crippen LogP contribution in [-0.2, 0) is 14.4 Å². The number of amides is 1. The topological polar surface area (TPSA) is 63.2 Å². The van der Waals surface area contributed by atoms with Crippen molar-refractivity contribution in [1.29, 1.82) is 0 Å². The Hall–Kier alpha value is -1.44. The van der Waals surface area contributed by atoms with Crippen molar-refractivity contribution < 1.29 is 14.4 Å². The molecule has 1 aromatic rings. The average Bonchev–Trinajstić information content (AvgIpc) is 3.06. The fourth-order valence-corrected chi connectivity index (χ4v) is 3.03. The van der Waals surface area contributed by atoms with Gasteiger partial charge in [0.25, 0.3) is 5.91 Å². The van der Waals surface area contributed by atoms with Crippen LogP contribution in [0.2, 0.25) is 0 Å². The van der Waals surface area contributed by atoms with E-state index in [2.05, 4.69) is 31.3 Å². The number of rotatable bonds is 5. The molecule has 0 aliphatic carbocycles. The molecule has 1 aromatic carbocycles. The predicted molar refractivity (Wildman–Crippen MR) is 90.4 cm³/mol. The molecule has 2 heterocycles. The first kappa shape index (κ1) is 16.4. The molecular weight excluding hydrogens is 362 g/mol. The summed E-state index contributed by atoms with van der Waals surface area (Å²) in [5.41, 5.74) is 1.78. The van der Waals surface area contributed by atoms with Crippen LogP contribution in [0.1, 0.15) is 12.0 Å². The monoisotopic (exact) mass is 381 g/mol. The smallest absolute Gasteiger partial charge is 0.264 e. The van der Waals surface area contributed by atoms with E-state index in [1.165, 1.54) is 0 Å². The van der Waals surface area contributed by atoms with Gasteiger partial charge in [0.05, 0.1) is 18.9 Å². The Labute approximate surface area is 143 Å². The van der Waals surface area contributed by atoms with E-state index < -0.39 is 6.10 Å². The predicted octanol–water partition coefficient (Wildman–Crippen LogP) is 1.39. The molecule has 3 rings (SSSR count). The van der Waals surface area contributed by atoms with Crippen LogP contribution in [0.3, 0.4) is 0 Å². The second-order valence-electron chi connectivity index (χ2n) is 5.59. The summed E-state index contributed by atoms with van der Waals surface area (Å²) in [5.74, 6) is -0.105. The average molecular weight is 382 g/mol. The Kier molecular flexibility index (Phi) is 5.64. The molecule has 0 saturated carbocycles. The molecule has 0 radical (unpaired) electrons. The zero-order chi connectivity index (χ0) is 16.1. The Balaban J connectivity index is 1.43. The summed E-state index contributed by atoms with van der Waals surface area (Å²) in [7, 11) is 0. The molecule has 124 valence electrons. The van der Waals surface area contributed by atoms with E-state index >= 15 is 0 Å². The summed E-state index contributed by atoms with van der Waals surface area (Å²) in [6, 6.07) is 7.83. The van der Waals surface area contributed by atoms with Crippen molar-refractivity contribution in [2.24, 2.45) is 5.16 Å². The summed E-state index contributed by atoms with van der Waals surface area (Å²) in [5, 5.41) is 6.98. The SMILES string of the molecule is O=C(NCCN1CCOCC1)C1CC(c2cccc(Br)c2)=NO1. The van der Waals surface area contributed by atoms with Gasteiger partial charge < -0.3 is 14.9 Å². The molecule has 1 atom stereocenters. The van der Waals surface area contributed by atoms with Crippen LogP contribution in [-0.4, -0.2) is 62.0 Å². The standard InChI is InChI=1S/C16H20BrN3O3/c17-13-3-1-2-12(10-13)14-11-15(23-19-14)16(21)18-4-5-20-6-8-22-9-7-20/h1-3,10,15H,4-9,11H2,(H,18,21). The zero-order valence-electron chi connectivity index (χ0n) is 12.8. The second kappa shape index (κ2) is 7.90. The number of oxime groups is 1. The molecule has 0 aromatic heterocycles. The molecule has 1 N–H and O–H groups in total. The molecule has 2 aliphatic heterocycles. The fraction of sp³-hybridized carbons (Fsp3) is 0.500. The lowest BCUT2D eigenvalue weighted by molar-refractivity contribution is -0.131. The van der Waals surface area contributed by atoms with Gasteiger partial charge in [-0.2, -0.15) is 0 Å². The summed E-state index contributed by atoms with van der Waals surface area (Å²) in [6.07, 6.45) is -0.0338. The van der Waals surface area contributed by atoms with Gasteiger partial charge in [-0.1, -0.05) is 33.2 Å². The summed E-state index contributed by atoms with van der Waals surface area (Å²) >= 11 is 3.44. The highest BCUT2D eigenvalue weighted by atomic mass is 79.9. The molecule has 1 fully saturated rings. The lowest BCUT2D eigenvalue weighted by atomic mass is 10.0. The normalized spacial score (nSPS) is 21.6. The van der Waals surface area contributed by atoms with Crippen LogP contribution in [0, 0.1) is 0 Å². The number of nitrogens with zero attached hydrogens (tertiary/aromatic N) is 2. The number of carbonyl (C=O) groups is 1. The van der Waals surface area contributed by atoms with Crippen molar-refractivity contribution in [3.05, 3.63) is 34.3 Å². The van der Waals surface area contributed by atoms with Gasteiger partial charge in [-0.05, 0) is 12.1 Å². The molecule has 1 saturated heterocycles. The molecular formula is C16H20BrN3O3. The third-order valence-corrected chi connectivity index (χ3v) is 4.44. The van der Waals surface area contributed by atoms with Gasteiger partial charge in [0.2, 0.25) is 6.10 Å². The first-order chi connectivity index (χ1) is 11.2. The van der Waals surface area contributed by atoms with Gasteiger partial charge >= 0.3 is 0 Å². The van der Waals surface area contributed by atoms with Gasteiger partial charge in [0, 0.05) is 42.6 Å². The van der Waals surface area contributed by atoms with Gasteiger partial charge in [0.1, 0.15) is 0 Å². The zero-order valence-corrected chi connectivity index (χ0v) is 14.4. The van der Waals surface area contributed by atoms with Crippen LogP contribution in [0.5, 0.6) is 0 Å². The molecule has 0 spiro atoms. The van der Waals surface area contributed by atoms with E-state index in [-0.39, 0.29) is 5.91 Å². The number of hydrogen-bond donors (Lipinski definition) is 1. The number of halogens is 1. The number of nitrogens with one attached hydrogen (secondary N) is 1. The maximum Gasteiger partial charge on any atom is 0.264 e. The van der Waals surface area contributed by atoms with Crippen LogP contribution >= 0.6 is 15.9 Å². The second-order valence-corrected chi connectivity index (χ2v) is 6.51. The highest BCUT2D eigenvalue weighted by Gasteiger charge is 2.28. The quantitative estimate of drug-likeness (QED) is 0.836. The van der Waals surface area contributed by atoms with Crippen molar-refractivity contribution in [1.82, 2.24) is 10.2 Å². The number of hydrogen-bond acceptors (Lipinski definition) is 5. The van der Waals surface area contributed by atoms with Gasteiger partial charge in [-0.25, -0.2) is 0 Å². The van der Waals surface area contributed by atoms with Gasteiger partial charge in [-0.15, -0.1) is 0 Å². The van der Waals surface area contributed by atoms with Crippen molar-refractivity contribution in [2.45, 2.75) is 12.5 Å². The van der Waals surface area contributed by atoms with Crippen molar-refractivity contribution in [3.63, 3.8) is 0 Å². The van der Waals surface area contributed by atoms with Crippen molar-refractivity contribution in [3.8, 4) is 0 Å². The molecule has 7 heteroatoms. The number of morpholine rings is 1. The third-order valence-electron chi connectivity index (χ3n) is 3.95. The Bertz CT molecular complexity index is 588. The summed E-state index contributed by atoms with van der Waals surface area (Å²) in [4.78, 5) is 19.7. The molecule has 2 aliphatic rings. The van der Waals surface area contributed by atoms with Crippen LogP contribution in [0.4, 0.5) is 0 Å². The van der Waals surface area contributed by atoms with E-state index in [1.807, 2.05) is 24.3 Å². The minimum absolute atomic E-state index is 0.105. The van der Waals surface area contributed by atoms with E-state index in [0.29, 0.717) is 13.0 Å². The van der Waals surface area contributed by atoms with E-state index in [0.717, 1.165) is 48.6 Å². The van der Waals surface area contributed by atoms with Crippen molar-refractivity contribution in [2.75, 3.05) is 39.4 Å². The highest BCUT2D eigenvalue weighted by Crippen LogP contribution is 2.19. The lowest BCUT2D eigenvalue weighted by Crippen LogP contribution is -2.43. The lowest BCUT2D eigenvalue weighted by Gasteiger charge is -2.26. The van der Waals surface area contributed by atoms with Crippen LogP contribution in [0.15, 0.2) is 33.9 Å². The first-order valence-electron chi connectivity index (χ1n) is 7.79. The minimum Gasteiger partial charge on any atom is -0.382 e. The van der Waals surface area contributed by atoms with Crippen molar-refractivity contribution >= 4 is 27.5 Å². The minimum atomic E-state index is -0.534. The van der Waals surface area contributed by atoms with E-state index in [4.69, 9.17) is 9.57 Å². The van der Waals surface area contributed by atoms with Crippen LogP contribution in [0.25, 0.3) is 0 Å². The summed E-state index contributed by atoms with van der Waals surface area (Å²) < 4.78 is 6.29. The number of carbonyl (C=O) groups excluding carboxylic acids is 1. The van der Waals surface area contributed by atoms with Gasteiger partial charge in [-0.3, -0.25) is 9.69 Å². The van der Waals surface area contributed by atoms with E-state index in [9.17, 15) is 4.79 Å². The third kappa shape index (κ3) is 4.53. The van der Waals surface area contributed by atoms with Gasteiger partial charge in [0.15, 0.2) is 0 Å². The Morgan fingerprint density at radius 3 is 3.00 bits per heavy atom. The molecule has 1 amide bonds. The largest absolute Gasteiger partial charge is 0.382 e. The Morgan fingerprint density at radius 1 is 1.39 bits per heavy atom. The number of ether oxygens (including phenoxy) is 1. The molecule has 23 heavy (non-hydrogen) atoms. The van der Waals surface area contributed by atoms with E-state index in [1.54, 1.807) is 0 Å². The number of benzene rings is 1. The maximum absolute atomic E-state index is 12.2. The van der Waals surface area contributed by atoms with Crippen LogP contribution < -0.4 is 5.32 Å². The summed E-state index contributed by atoms with van der Waals surface area (Å²) in [6.45, 7) is 4.83. The molecule has 1 unspecified atom stereocenters. The highest BCUT2D eigenvalue weighted by molar-refractivity contribution is 9.10.